The van der Waals surface area contributed by atoms with Crippen molar-refractivity contribution in [1.29, 1.82) is 0 Å². The van der Waals surface area contributed by atoms with E-state index < -0.39 is 17.9 Å². The van der Waals surface area contributed by atoms with E-state index in [4.69, 9.17) is 4.74 Å². The molecule has 3 rings (SSSR count). The summed E-state index contributed by atoms with van der Waals surface area (Å²) >= 11 is 0. The van der Waals surface area contributed by atoms with Crippen molar-refractivity contribution in [2.45, 2.75) is 25.8 Å². The number of benzene rings is 2. The van der Waals surface area contributed by atoms with Crippen LogP contribution in [0.2, 0.25) is 0 Å². The molecule has 1 heterocycles. The van der Waals surface area contributed by atoms with Crippen LogP contribution in [0.5, 0.6) is 0 Å². The van der Waals surface area contributed by atoms with E-state index in [2.05, 4.69) is 40.6 Å². The van der Waals surface area contributed by atoms with Crippen LogP contribution < -0.4 is 5.32 Å². The van der Waals surface area contributed by atoms with Gasteiger partial charge >= 0.3 is 5.97 Å². The molecule has 164 valence electrons. The smallest absolute Gasteiger partial charge is 0.328 e. The zero-order chi connectivity index (χ0) is 22.8. The minimum atomic E-state index is -0.761. The first-order valence-corrected chi connectivity index (χ1v) is 10.7. The van der Waals surface area contributed by atoms with Gasteiger partial charge in [-0.05, 0) is 47.6 Å². The maximum atomic E-state index is 12.6. The fourth-order valence-electron chi connectivity index (χ4n) is 3.53. The Kier molecular flexibility index (Phi) is 8.32. The Hall–Kier alpha value is -3.73. The van der Waals surface area contributed by atoms with E-state index in [0.717, 1.165) is 17.5 Å². The maximum absolute atomic E-state index is 12.6. The molecule has 1 N–H and O–H groups in total. The molecule has 2 atom stereocenters. The minimum Gasteiger partial charge on any atom is -0.467 e. The van der Waals surface area contributed by atoms with Gasteiger partial charge in [-0.25, -0.2) is 4.79 Å². The van der Waals surface area contributed by atoms with Crippen LogP contribution in [0, 0.1) is 5.92 Å². The highest BCUT2D eigenvalue weighted by molar-refractivity contribution is 5.95. The number of esters is 1. The van der Waals surface area contributed by atoms with Crippen molar-refractivity contribution in [3.63, 3.8) is 0 Å². The third-order valence-electron chi connectivity index (χ3n) is 5.36. The van der Waals surface area contributed by atoms with Crippen LogP contribution in [0.4, 0.5) is 0 Å². The summed E-state index contributed by atoms with van der Waals surface area (Å²) < 4.78 is 4.97. The van der Waals surface area contributed by atoms with E-state index in [1.165, 1.54) is 12.7 Å². The normalized spacial score (nSPS) is 13.1. The number of carbonyl (C=O) groups is 2. The lowest BCUT2D eigenvalue weighted by Crippen LogP contribution is -2.46. The number of hydrogen-bond donors (Lipinski definition) is 1. The van der Waals surface area contributed by atoms with E-state index in [1.54, 1.807) is 24.4 Å². The number of allylic oxidation sites excluding steroid dienone is 1. The lowest BCUT2D eigenvalue weighted by molar-refractivity contribution is -0.144. The fourth-order valence-corrected chi connectivity index (χ4v) is 3.53. The van der Waals surface area contributed by atoms with Crippen molar-refractivity contribution in [2.75, 3.05) is 7.11 Å². The van der Waals surface area contributed by atoms with Gasteiger partial charge in [-0.15, -0.1) is 0 Å². The van der Waals surface area contributed by atoms with Gasteiger partial charge in [-0.1, -0.05) is 79.7 Å². The van der Waals surface area contributed by atoms with Gasteiger partial charge in [0.25, 0.3) is 5.91 Å². The fraction of sp³-hybridized carbons (Fsp3) is 0.222. The summed E-state index contributed by atoms with van der Waals surface area (Å²) in [6.45, 7) is 1.95. The number of nitrogens with one attached hydrogen (secondary N) is 1. The van der Waals surface area contributed by atoms with Gasteiger partial charge in [0.1, 0.15) is 11.7 Å². The van der Waals surface area contributed by atoms with Crippen LogP contribution in [0.1, 0.15) is 41.4 Å². The molecule has 0 aliphatic carbocycles. The molecule has 5 heteroatoms. The number of pyridine rings is 1. The Morgan fingerprint density at radius 2 is 1.62 bits per heavy atom. The molecule has 32 heavy (non-hydrogen) atoms. The average Bonchev–Trinajstić information content (AvgIpc) is 2.86. The molecule has 0 bridgehead atoms. The van der Waals surface area contributed by atoms with E-state index in [9.17, 15) is 9.59 Å². The topological polar surface area (TPSA) is 68.3 Å². The van der Waals surface area contributed by atoms with Crippen LogP contribution in [0.3, 0.4) is 0 Å². The molecule has 0 spiro atoms. The largest absolute Gasteiger partial charge is 0.467 e. The lowest BCUT2D eigenvalue weighted by atomic mass is 9.90. The molecular weight excluding hydrogens is 400 g/mol. The van der Waals surface area contributed by atoms with Crippen molar-refractivity contribution >= 4 is 23.5 Å². The van der Waals surface area contributed by atoms with Crippen molar-refractivity contribution in [3.8, 4) is 0 Å². The minimum absolute atomic E-state index is 0.141. The zero-order valence-electron chi connectivity index (χ0n) is 18.4. The van der Waals surface area contributed by atoms with Crippen molar-refractivity contribution in [3.05, 3.63) is 102 Å². The monoisotopic (exact) mass is 428 g/mol. The number of hydrogen-bond acceptors (Lipinski definition) is 4. The first kappa shape index (κ1) is 22.9. The number of ether oxygens (including phenoxy) is 1. The first-order valence-electron chi connectivity index (χ1n) is 10.7. The van der Waals surface area contributed by atoms with Crippen LogP contribution in [-0.4, -0.2) is 30.0 Å². The summed E-state index contributed by atoms with van der Waals surface area (Å²) in [5.41, 5.74) is 3.69. The Balaban J connectivity index is 1.76. The van der Waals surface area contributed by atoms with E-state index in [-0.39, 0.29) is 11.6 Å². The number of amides is 1. The zero-order valence-corrected chi connectivity index (χ0v) is 18.4. The van der Waals surface area contributed by atoms with Crippen molar-refractivity contribution in [2.24, 2.45) is 5.92 Å². The van der Waals surface area contributed by atoms with Gasteiger partial charge in [-0.3, -0.25) is 9.78 Å². The van der Waals surface area contributed by atoms with Gasteiger partial charge in [0, 0.05) is 6.20 Å². The lowest BCUT2D eigenvalue weighted by Gasteiger charge is -2.23. The molecule has 0 fully saturated rings. The second kappa shape index (κ2) is 11.6. The molecule has 1 amide bonds. The predicted molar refractivity (Wildman–Crippen MR) is 127 cm³/mol. The predicted octanol–water partition coefficient (Wildman–Crippen LogP) is 5.01. The number of aromatic nitrogens is 1. The number of methoxy groups -OCH3 is 1. The first-order chi connectivity index (χ1) is 15.6. The molecule has 5 nitrogen and oxygen atoms in total. The molecule has 1 aromatic heterocycles. The quantitative estimate of drug-likeness (QED) is 0.384. The molecule has 0 saturated heterocycles. The van der Waals surface area contributed by atoms with Gasteiger partial charge in [0.2, 0.25) is 0 Å². The summed E-state index contributed by atoms with van der Waals surface area (Å²) in [5.74, 6) is -0.996. The molecule has 0 aliphatic heterocycles. The van der Waals surface area contributed by atoms with Gasteiger partial charge < -0.3 is 10.1 Å². The number of carbonyl (C=O) groups excluding carboxylic acids is 2. The second-order valence-corrected chi connectivity index (χ2v) is 7.65. The van der Waals surface area contributed by atoms with Crippen LogP contribution in [0.15, 0.2) is 85.1 Å². The third-order valence-corrected chi connectivity index (χ3v) is 5.36. The maximum Gasteiger partial charge on any atom is 0.328 e. The Labute approximate surface area is 189 Å². The molecule has 3 aromatic rings. The second-order valence-electron chi connectivity index (χ2n) is 7.65. The Bertz CT molecular complexity index is 1030. The summed E-state index contributed by atoms with van der Waals surface area (Å²) in [5, 5.41) is 2.80. The highest BCUT2D eigenvalue weighted by Gasteiger charge is 2.28. The van der Waals surface area contributed by atoms with Crippen molar-refractivity contribution in [1.82, 2.24) is 10.3 Å². The summed E-state index contributed by atoms with van der Waals surface area (Å²) in [4.78, 5) is 29.1. The van der Waals surface area contributed by atoms with Gasteiger partial charge in [0.15, 0.2) is 0 Å². The third kappa shape index (κ3) is 6.38. The Morgan fingerprint density at radius 1 is 0.969 bits per heavy atom. The van der Waals surface area contributed by atoms with Crippen LogP contribution >= 0.6 is 0 Å². The highest BCUT2D eigenvalue weighted by atomic mass is 16.5. The molecule has 0 aliphatic rings. The van der Waals surface area contributed by atoms with Gasteiger partial charge in [-0.2, -0.15) is 0 Å². The van der Waals surface area contributed by atoms with Crippen LogP contribution in [-0.2, 0) is 9.53 Å². The molecule has 2 aromatic carbocycles. The molecular formula is C27H28N2O3. The SMILES string of the molecule is COC(=O)[C@@H](NC(=O)c1ccccn1)[C@@H](C)CC/C(=C/c1ccccc1)c1ccccc1. The van der Waals surface area contributed by atoms with E-state index in [1.807, 2.05) is 43.3 Å². The highest BCUT2D eigenvalue weighted by Crippen LogP contribution is 2.26. The average molecular weight is 429 g/mol. The summed E-state index contributed by atoms with van der Waals surface area (Å²) in [7, 11) is 1.33. The van der Waals surface area contributed by atoms with Crippen molar-refractivity contribution < 1.29 is 14.3 Å². The summed E-state index contributed by atoms with van der Waals surface area (Å²) in [6, 6.07) is 24.7. The molecule has 0 radical (unpaired) electrons. The van der Waals surface area contributed by atoms with E-state index >= 15 is 0 Å². The van der Waals surface area contributed by atoms with Crippen LogP contribution in [0.25, 0.3) is 11.6 Å². The molecule has 0 saturated carbocycles. The standard InChI is InChI=1S/C27H28N2O3/c1-20(25(27(31)32-2)29-26(30)24-15-9-10-18-28-24)16-17-23(22-13-7-4-8-14-22)19-21-11-5-3-6-12-21/h3-15,18-20,25H,16-17H2,1-2H3,(H,29,30)/b23-19-/t20-,25-/m0/s1. The number of nitrogens with zero attached hydrogens (tertiary/aromatic N) is 1. The van der Waals surface area contributed by atoms with Gasteiger partial charge in [0.05, 0.1) is 7.11 Å². The molecule has 0 unspecified atom stereocenters. The van der Waals surface area contributed by atoms with E-state index in [0.29, 0.717) is 6.42 Å². The summed E-state index contributed by atoms with van der Waals surface area (Å²) in [6.07, 6.45) is 5.15. The Morgan fingerprint density at radius 3 is 2.25 bits per heavy atom. The number of rotatable bonds is 9.